The monoisotopic (exact) mass is 328 g/mol. The predicted octanol–water partition coefficient (Wildman–Crippen LogP) is 3.98. The van der Waals surface area contributed by atoms with Crippen LogP contribution in [0.4, 0.5) is 4.39 Å². The summed E-state index contributed by atoms with van der Waals surface area (Å²) in [7, 11) is 0. The highest BCUT2D eigenvalue weighted by Gasteiger charge is 2.13. The molecule has 0 saturated carbocycles. The molecular weight excluding hydrogens is 311 g/mol. The van der Waals surface area contributed by atoms with Crippen molar-refractivity contribution in [1.82, 2.24) is 0 Å². The number of hydrogen-bond donors (Lipinski definition) is 0. The van der Waals surface area contributed by atoms with E-state index in [1.54, 1.807) is 0 Å². The molecule has 2 aromatic carbocycles. The van der Waals surface area contributed by atoms with E-state index in [2.05, 4.69) is 0 Å². The molecule has 0 aromatic heterocycles. The molecule has 0 saturated heterocycles. The fourth-order valence-corrected chi connectivity index (χ4v) is 2.04. The summed E-state index contributed by atoms with van der Waals surface area (Å²) in [5, 5.41) is 0. The van der Waals surface area contributed by atoms with E-state index >= 15 is 0 Å². The number of rotatable bonds is 6. The van der Waals surface area contributed by atoms with Gasteiger partial charge in [0.1, 0.15) is 6.10 Å². The lowest BCUT2D eigenvalue weighted by molar-refractivity contribution is -0.144. The Hall–Kier alpha value is -2.95. The van der Waals surface area contributed by atoms with Crippen LogP contribution in [-0.4, -0.2) is 11.9 Å². The minimum Gasteiger partial charge on any atom is -0.454 e. The lowest BCUT2D eigenvalue weighted by atomic mass is 10.1. The van der Waals surface area contributed by atoms with Crippen LogP contribution in [-0.2, 0) is 14.3 Å². The van der Waals surface area contributed by atoms with Gasteiger partial charge in [-0.1, -0.05) is 49.4 Å². The molecule has 0 aliphatic rings. The summed E-state index contributed by atoms with van der Waals surface area (Å²) < 4.78 is 23.5. The van der Waals surface area contributed by atoms with Crippen molar-refractivity contribution in [3.8, 4) is 5.75 Å². The van der Waals surface area contributed by atoms with Crippen LogP contribution >= 0.6 is 0 Å². The van der Waals surface area contributed by atoms with E-state index < -0.39 is 23.9 Å². The Bertz CT molecular complexity index is 725. The second-order valence-corrected chi connectivity index (χ2v) is 4.93. The first-order valence-corrected chi connectivity index (χ1v) is 7.50. The summed E-state index contributed by atoms with van der Waals surface area (Å²) in [4.78, 5) is 23.4. The molecule has 2 rings (SSSR count). The SMILES string of the molecule is CCC(OC(=O)/C=C/C(=O)Oc1ccccc1F)c1ccccc1. The zero-order chi connectivity index (χ0) is 17.4. The fourth-order valence-electron chi connectivity index (χ4n) is 2.04. The van der Waals surface area contributed by atoms with Gasteiger partial charge in [0.2, 0.25) is 0 Å². The van der Waals surface area contributed by atoms with Crippen molar-refractivity contribution >= 4 is 11.9 Å². The molecule has 124 valence electrons. The summed E-state index contributed by atoms with van der Waals surface area (Å²) in [5.41, 5.74) is 0.871. The third kappa shape index (κ3) is 5.05. The van der Waals surface area contributed by atoms with Gasteiger partial charge in [-0.05, 0) is 24.1 Å². The molecule has 2 aromatic rings. The molecule has 0 radical (unpaired) electrons. The van der Waals surface area contributed by atoms with E-state index in [1.807, 2.05) is 37.3 Å². The van der Waals surface area contributed by atoms with Crippen LogP contribution in [0.5, 0.6) is 5.75 Å². The average molecular weight is 328 g/mol. The van der Waals surface area contributed by atoms with E-state index in [1.165, 1.54) is 24.3 Å². The van der Waals surface area contributed by atoms with E-state index in [0.29, 0.717) is 6.42 Å². The summed E-state index contributed by atoms with van der Waals surface area (Å²) in [6, 6.07) is 14.8. The fraction of sp³-hybridized carbons (Fsp3) is 0.158. The molecule has 0 spiro atoms. The van der Waals surface area contributed by atoms with E-state index in [4.69, 9.17) is 9.47 Å². The summed E-state index contributed by atoms with van der Waals surface area (Å²) in [5.74, 6) is -2.38. The van der Waals surface area contributed by atoms with Gasteiger partial charge in [-0.3, -0.25) is 0 Å². The highest BCUT2D eigenvalue weighted by atomic mass is 19.1. The topological polar surface area (TPSA) is 52.6 Å². The molecule has 0 heterocycles. The first-order chi connectivity index (χ1) is 11.6. The van der Waals surface area contributed by atoms with Gasteiger partial charge in [0, 0.05) is 12.2 Å². The molecule has 0 aliphatic heterocycles. The molecule has 5 heteroatoms. The molecule has 0 amide bonds. The first-order valence-electron chi connectivity index (χ1n) is 7.50. The van der Waals surface area contributed by atoms with Crippen molar-refractivity contribution in [1.29, 1.82) is 0 Å². The highest BCUT2D eigenvalue weighted by Crippen LogP contribution is 2.21. The maximum atomic E-state index is 13.4. The number of carbonyl (C=O) groups is 2. The van der Waals surface area contributed by atoms with Crippen LogP contribution in [0.2, 0.25) is 0 Å². The molecule has 0 bridgehead atoms. The van der Waals surface area contributed by atoms with Crippen molar-refractivity contribution < 1.29 is 23.5 Å². The lowest BCUT2D eigenvalue weighted by Crippen LogP contribution is -2.10. The Labute approximate surface area is 139 Å². The Balaban J connectivity index is 1.92. The van der Waals surface area contributed by atoms with Crippen LogP contribution in [0.1, 0.15) is 25.0 Å². The number of carbonyl (C=O) groups excluding carboxylic acids is 2. The number of benzene rings is 2. The normalized spacial score (nSPS) is 11.9. The molecule has 24 heavy (non-hydrogen) atoms. The van der Waals surface area contributed by atoms with Gasteiger partial charge in [-0.2, -0.15) is 0 Å². The van der Waals surface area contributed by atoms with Gasteiger partial charge >= 0.3 is 11.9 Å². The van der Waals surface area contributed by atoms with E-state index in [9.17, 15) is 14.0 Å². The van der Waals surface area contributed by atoms with Crippen molar-refractivity contribution in [2.24, 2.45) is 0 Å². The maximum absolute atomic E-state index is 13.4. The van der Waals surface area contributed by atoms with Gasteiger partial charge in [0.25, 0.3) is 0 Å². The minimum atomic E-state index is -0.857. The second-order valence-electron chi connectivity index (χ2n) is 4.93. The van der Waals surface area contributed by atoms with Gasteiger partial charge < -0.3 is 9.47 Å². The largest absolute Gasteiger partial charge is 0.454 e. The second kappa shape index (κ2) is 8.62. The third-order valence-electron chi connectivity index (χ3n) is 3.20. The summed E-state index contributed by atoms with van der Waals surface area (Å²) in [6.07, 6.45) is 2.08. The smallest absolute Gasteiger partial charge is 0.336 e. The zero-order valence-electron chi connectivity index (χ0n) is 13.1. The van der Waals surface area contributed by atoms with Crippen molar-refractivity contribution in [3.05, 3.63) is 78.1 Å². The Kier molecular flexibility index (Phi) is 6.25. The maximum Gasteiger partial charge on any atom is 0.336 e. The van der Waals surface area contributed by atoms with Gasteiger partial charge in [-0.15, -0.1) is 0 Å². The minimum absolute atomic E-state index is 0.198. The Morgan fingerprint density at radius 1 is 1.00 bits per heavy atom. The third-order valence-corrected chi connectivity index (χ3v) is 3.20. The molecule has 0 aliphatic carbocycles. The predicted molar refractivity (Wildman–Crippen MR) is 86.7 cm³/mol. The van der Waals surface area contributed by atoms with E-state index in [0.717, 1.165) is 17.7 Å². The van der Waals surface area contributed by atoms with Crippen molar-refractivity contribution in [2.45, 2.75) is 19.4 Å². The molecular formula is C19H17FO4. The summed E-state index contributed by atoms with van der Waals surface area (Å²) in [6.45, 7) is 1.89. The van der Waals surface area contributed by atoms with Gasteiger partial charge in [-0.25, -0.2) is 14.0 Å². The molecule has 1 atom stereocenters. The van der Waals surface area contributed by atoms with Crippen LogP contribution in [0.25, 0.3) is 0 Å². The standard InChI is InChI=1S/C19H17FO4/c1-2-16(14-8-4-3-5-9-14)23-18(21)12-13-19(22)24-17-11-7-6-10-15(17)20/h3-13,16H,2H2,1H3/b13-12+. The Morgan fingerprint density at radius 3 is 2.29 bits per heavy atom. The number of hydrogen-bond acceptors (Lipinski definition) is 4. The van der Waals surface area contributed by atoms with E-state index in [-0.39, 0.29) is 5.75 Å². The van der Waals surface area contributed by atoms with Crippen LogP contribution in [0, 0.1) is 5.82 Å². The number of halogens is 1. The van der Waals surface area contributed by atoms with Crippen LogP contribution in [0.3, 0.4) is 0 Å². The first kappa shape index (κ1) is 17.4. The molecule has 4 nitrogen and oxygen atoms in total. The Morgan fingerprint density at radius 2 is 1.62 bits per heavy atom. The van der Waals surface area contributed by atoms with Gasteiger partial charge in [0.05, 0.1) is 0 Å². The number of para-hydroxylation sites is 1. The van der Waals surface area contributed by atoms with Crippen LogP contribution < -0.4 is 4.74 Å². The van der Waals surface area contributed by atoms with Gasteiger partial charge in [0.15, 0.2) is 11.6 Å². The van der Waals surface area contributed by atoms with Crippen molar-refractivity contribution in [2.75, 3.05) is 0 Å². The quantitative estimate of drug-likeness (QED) is 0.457. The van der Waals surface area contributed by atoms with Crippen LogP contribution in [0.15, 0.2) is 66.7 Å². The number of ether oxygens (including phenoxy) is 2. The molecule has 0 fully saturated rings. The van der Waals surface area contributed by atoms with Crippen molar-refractivity contribution in [3.63, 3.8) is 0 Å². The average Bonchev–Trinajstić information content (AvgIpc) is 2.60. The summed E-state index contributed by atoms with van der Waals surface area (Å²) >= 11 is 0. The zero-order valence-corrected chi connectivity index (χ0v) is 13.1. The number of esters is 2. The lowest BCUT2D eigenvalue weighted by Gasteiger charge is -2.15. The molecule has 1 unspecified atom stereocenters. The molecule has 0 N–H and O–H groups in total. The highest BCUT2D eigenvalue weighted by molar-refractivity contribution is 5.92.